The summed E-state index contributed by atoms with van der Waals surface area (Å²) in [6.45, 7) is 0.270. The van der Waals surface area contributed by atoms with Crippen molar-refractivity contribution in [2.75, 3.05) is 25.5 Å². The lowest BCUT2D eigenvalue weighted by atomic mass is 9.97. The minimum absolute atomic E-state index is 0.0294. The Hall–Kier alpha value is -3.77. The van der Waals surface area contributed by atoms with E-state index < -0.39 is 27.7 Å². The smallest absolute Gasteiger partial charge is 0.439 e. The lowest BCUT2D eigenvalue weighted by Crippen LogP contribution is -2.41. The third-order valence-corrected chi connectivity index (χ3v) is 7.54. The zero-order valence-corrected chi connectivity index (χ0v) is 19.0. The maximum Gasteiger partial charge on any atom is 0.439 e. The van der Waals surface area contributed by atoms with E-state index >= 15 is 0 Å². The molecule has 0 atom stereocenters. The maximum absolute atomic E-state index is 13.1. The van der Waals surface area contributed by atoms with Crippen LogP contribution in [0, 0.1) is 5.92 Å². The van der Waals surface area contributed by atoms with E-state index in [0.29, 0.717) is 24.1 Å². The first-order valence-corrected chi connectivity index (χ1v) is 11.9. The van der Waals surface area contributed by atoms with Gasteiger partial charge in [0.05, 0.1) is 17.6 Å². The summed E-state index contributed by atoms with van der Waals surface area (Å²) in [6, 6.07) is 12.6. The Morgan fingerprint density at radius 3 is 2.56 bits per heavy atom. The molecule has 0 unspecified atom stereocenters. The van der Waals surface area contributed by atoms with Crippen LogP contribution in [0.25, 0.3) is 11.4 Å². The molecule has 1 aromatic heterocycles. The quantitative estimate of drug-likeness (QED) is 0.501. The summed E-state index contributed by atoms with van der Waals surface area (Å²) in [5.74, 6) is -1.80. The summed E-state index contributed by atoms with van der Waals surface area (Å²) >= 11 is 0. The van der Waals surface area contributed by atoms with Crippen molar-refractivity contribution in [3.05, 3.63) is 64.6 Å². The van der Waals surface area contributed by atoms with Gasteiger partial charge < -0.3 is 10.1 Å². The molecule has 178 valence electrons. The number of H-pyrrole nitrogens is 1. The molecule has 4 rings (SSSR count). The van der Waals surface area contributed by atoms with Crippen LogP contribution in [0.4, 0.5) is 5.69 Å². The molecule has 2 aromatic carbocycles. The standard InChI is InChI=1S/C22H22N4O7S/c1-32-21(28)17-7-2-3-8-18(17)34(30,31)26-11-9-14(10-12-26)20(27)23-16-6-4-5-15(13-16)19-24-22(29)33-25-19/h2-8,13-14H,9-12H2,1H3,(H,23,27)(H,24,25,29). The van der Waals surface area contributed by atoms with Gasteiger partial charge in [0.2, 0.25) is 15.9 Å². The van der Waals surface area contributed by atoms with Crippen LogP contribution in [0.3, 0.4) is 0 Å². The largest absolute Gasteiger partial charge is 0.465 e. The van der Waals surface area contributed by atoms with Crippen molar-refractivity contribution in [1.82, 2.24) is 14.4 Å². The van der Waals surface area contributed by atoms with E-state index in [2.05, 4.69) is 20.0 Å². The molecule has 0 spiro atoms. The third kappa shape index (κ3) is 4.77. The predicted octanol–water partition coefficient (Wildman–Crippen LogP) is 1.86. The fraction of sp³-hybridized carbons (Fsp3) is 0.273. The zero-order valence-electron chi connectivity index (χ0n) is 18.2. The second-order valence-corrected chi connectivity index (χ2v) is 9.59. The molecule has 1 amide bonds. The van der Waals surface area contributed by atoms with E-state index in [1.54, 1.807) is 36.4 Å². The van der Waals surface area contributed by atoms with Crippen LogP contribution in [0.15, 0.2) is 62.7 Å². The number of esters is 1. The van der Waals surface area contributed by atoms with E-state index in [0.717, 1.165) is 0 Å². The molecule has 0 bridgehead atoms. The molecule has 12 heteroatoms. The Balaban J connectivity index is 1.42. The van der Waals surface area contributed by atoms with Crippen molar-refractivity contribution in [3.8, 4) is 11.4 Å². The number of carbonyl (C=O) groups excluding carboxylic acids is 2. The number of carbonyl (C=O) groups is 2. The molecule has 0 radical (unpaired) electrons. The van der Waals surface area contributed by atoms with Gasteiger partial charge in [-0.05, 0) is 37.1 Å². The van der Waals surface area contributed by atoms with Crippen LogP contribution >= 0.6 is 0 Å². The minimum atomic E-state index is -3.93. The SMILES string of the molecule is COC(=O)c1ccccc1S(=O)(=O)N1CCC(C(=O)Nc2cccc(-c3noc(=O)[nH]3)c2)CC1. The van der Waals surface area contributed by atoms with E-state index in [-0.39, 0.29) is 35.3 Å². The number of methoxy groups -OCH3 is 1. The van der Waals surface area contributed by atoms with Gasteiger partial charge in [0.1, 0.15) is 0 Å². The first kappa shape index (κ1) is 23.4. The van der Waals surface area contributed by atoms with Gasteiger partial charge in [0, 0.05) is 30.3 Å². The van der Waals surface area contributed by atoms with E-state index in [4.69, 9.17) is 4.74 Å². The summed E-state index contributed by atoms with van der Waals surface area (Å²) in [5, 5.41) is 6.45. The Bertz CT molecular complexity index is 1370. The van der Waals surface area contributed by atoms with Gasteiger partial charge in [0.15, 0.2) is 5.82 Å². The van der Waals surface area contributed by atoms with Crippen LogP contribution in [0.2, 0.25) is 0 Å². The molecule has 0 saturated carbocycles. The lowest BCUT2D eigenvalue weighted by Gasteiger charge is -2.31. The number of aromatic amines is 1. The summed E-state index contributed by atoms with van der Waals surface area (Å²) in [6.07, 6.45) is 0.642. The predicted molar refractivity (Wildman–Crippen MR) is 120 cm³/mol. The zero-order chi connectivity index (χ0) is 24.3. The third-order valence-electron chi connectivity index (χ3n) is 5.58. The van der Waals surface area contributed by atoms with Gasteiger partial charge in [-0.3, -0.25) is 14.3 Å². The molecular formula is C22H22N4O7S. The summed E-state index contributed by atoms with van der Waals surface area (Å²) in [4.78, 5) is 38.3. The molecular weight excluding hydrogens is 464 g/mol. The highest BCUT2D eigenvalue weighted by molar-refractivity contribution is 7.89. The normalized spacial score (nSPS) is 15.1. The molecule has 2 heterocycles. The highest BCUT2D eigenvalue weighted by Gasteiger charge is 2.34. The van der Waals surface area contributed by atoms with Crippen molar-refractivity contribution in [3.63, 3.8) is 0 Å². The number of anilines is 1. The second-order valence-electron chi connectivity index (χ2n) is 7.68. The second kappa shape index (κ2) is 9.61. The van der Waals surface area contributed by atoms with Gasteiger partial charge in [-0.2, -0.15) is 4.31 Å². The van der Waals surface area contributed by atoms with Crippen molar-refractivity contribution in [1.29, 1.82) is 0 Å². The van der Waals surface area contributed by atoms with Crippen molar-refractivity contribution < 1.29 is 27.3 Å². The van der Waals surface area contributed by atoms with Crippen LogP contribution in [-0.2, 0) is 19.6 Å². The van der Waals surface area contributed by atoms with E-state index in [9.17, 15) is 22.8 Å². The average molecular weight is 487 g/mol. The van der Waals surface area contributed by atoms with Crippen LogP contribution < -0.4 is 11.1 Å². The molecule has 2 N–H and O–H groups in total. The fourth-order valence-corrected chi connectivity index (χ4v) is 5.46. The van der Waals surface area contributed by atoms with Crippen LogP contribution in [0.1, 0.15) is 23.2 Å². The number of hydrogen-bond acceptors (Lipinski definition) is 8. The van der Waals surface area contributed by atoms with Gasteiger partial charge in [0.25, 0.3) is 0 Å². The molecule has 1 aliphatic heterocycles. The van der Waals surface area contributed by atoms with Crippen molar-refractivity contribution >= 4 is 27.6 Å². The number of nitrogens with zero attached hydrogens (tertiary/aromatic N) is 2. The topological polar surface area (TPSA) is 152 Å². The van der Waals surface area contributed by atoms with Crippen LogP contribution in [0.5, 0.6) is 0 Å². The highest BCUT2D eigenvalue weighted by Crippen LogP contribution is 2.27. The summed E-state index contributed by atoms with van der Waals surface area (Å²) in [7, 11) is -2.74. The maximum atomic E-state index is 13.1. The first-order chi connectivity index (χ1) is 16.3. The summed E-state index contributed by atoms with van der Waals surface area (Å²) in [5.41, 5.74) is 1.04. The van der Waals surface area contributed by atoms with Gasteiger partial charge in [-0.1, -0.05) is 29.4 Å². The number of amides is 1. The average Bonchev–Trinajstić information content (AvgIpc) is 3.30. The number of hydrogen-bond donors (Lipinski definition) is 2. The monoisotopic (exact) mass is 486 g/mol. The molecule has 1 aliphatic rings. The Morgan fingerprint density at radius 1 is 1.15 bits per heavy atom. The molecule has 11 nitrogen and oxygen atoms in total. The Labute approximate surface area is 194 Å². The van der Waals surface area contributed by atoms with Gasteiger partial charge in [-0.25, -0.2) is 18.0 Å². The number of benzene rings is 2. The van der Waals surface area contributed by atoms with Crippen molar-refractivity contribution in [2.24, 2.45) is 5.92 Å². The molecule has 3 aromatic rings. The Kier molecular flexibility index (Phi) is 6.61. The molecule has 1 fully saturated rings. The lowest BCUT2D eigenvalue weighted by molar-refractivity contribution is -0.120. The minimum Gasteiger partial charge on any atom is -0.465 e. The van der Waals surface area contributed by atoms with Gasteiger partial charge >= 0.3 is 11.7 Å². The number of nitrogens with one attached hydrogen (secondary N) is 2. The van der Waals surface area contributed by atoms with Gasteiger partial charge in [-0.15, -0.1) is 0 Å². The molecule has 34 heavy (non-hydrogen) atoms. The number of sulfonamides is 1. The highest BCUT2D eigenvalue weighted by atomic mass is 32.2. The van der Waals surface area contributed by atoms with Crippen molar-refractivity contribution in [2.45, 2.75) is 17.7 Å². The Morgan fingerprint density at radius 2 is 1.88 bits per heavy atom. The number of rotatable bonds is 6. The number of aromatic nitrogens is 2. The molecule has 0 aliphatic carbocycles. The van der Waals surface area contributed by atoms with E-state index in [1.165, 1.54) is 23.5 Å². The summed E-state index contributed by atoms with van der Waals surface area (Å²) < 4.78 is 36.8. The molecule has 1 saturated heterocycles. The number of ether oxygens (including phenoxy) is 1. The number of piperidine rings is 1. The van der Waals surface area contributed by atoms with Crippen LogP contribution in [-0.4, -0.2) is 54.9 Å². The fourth-order valence-electron chi connectivity index (χ4n) is 3.81. The first-order valence-electron chi connectivity index (χ1n) is 10.4. The van der Waals surface area contributed by atoms with E-state index in [1.807, 2.05) is 0 Å².